The minimum Gasteiger partial charge on any atom is -0.383 e. The van der Waals surface area contributed by atoms with E-state index in [0.717, 1.165) is 44.5 Å². The quantitative estimate of drug-likeness (QED) is 0.305. The molecule has 1 saturated carbocycles. The van der Waals surface area contributed by atoms with Crippen LogP contribution in [-0.2, 0) is 11.2 Å². The van der Waals surface area contributed by atoms with E-state index in [-0.39, 0.29) is 30.7 Å². The highest BCUT2D eigenvalue weighted by atomic mass is 19.3. The number of nitrogen functional groups attached to an aromatic ring is 1. The van der Waals surface area contributed by atoms with Gasteiger partial charge in [-0.1, -0.05) is 12.6 Å². The second-order valence-electron chi connectivity index (χ2n) is 11.7. The van der Waals surface area contributed by atoms with Crippen molar-refractivity contribution in [3.05, 3.63) is 78.1 Å². The van der Waals surface area contributed by atoms with Crippen molar-refractivity contribution in [2.24, 2.45) is 0 Å². The molecule has 3 aliphatic rings. The molecule has 42 heavy (non-hydrogen) atoms. The Morgan fingerprint density at radius 1 is 1.10 bits per heavy atom. The van der Waals surface area contributed by atoms with E-state index >= 15 is 0 Å². The maximum atomic E-state index is 13.7. The van der Waals surface area contributed by atoms with Crippen LogP contribution in [-0.4, -0.2) is 55.4 Å². The molecule has 1 atom stereocenters. The van der Waals surface area contributed by atoms with E-state index in [4.69, 9.17) is 15.7 Å². The molecule has 0 unspecified atom stereocenters. The molecule has 0 bridgehead atoms. The first kappa shape index (κ1) is 26.7. The molecule has 1 aliphatic heterocycles. The van der Waals surface area contributed by atoms with Gasteiger partial charge in [-0.3, -0.25) is 9.36 Å². The number of hydrogen-bond donors (Lipinski definition) is 2. The van der Waals surface area contributed by atoms with E-state index in [0.29, 0.717) is 40.1 Å². The van der Waals surface area contributed by atoms with Crippen molar-refractivity contribution in [3.63, 3.8) is 0 Å². The number of carbonyl (C=O) groups is 1. The van der Waals surface area contributed by atoms with Crippen LogP contribution in [0, 0.1) is 0 Å². The number of fused-ring (bicyclic) bond motifs is 2. The first-order valence-electron chi connectivity index (χ1n) is 14.6. The molecular formula is C32H33F2N7O. The van der Waals surface area contributed by atoms with Crippen molar-refractivity contribution in [1.82, 2.24) is 29.7 Å². The summed E-state index contributed by atoms with van der Waals surface area (Å²) in [6.45, 7) is 5.08. The molecule has 0 spiro atoms. The average molecular weight is 570 g/mol. The highest BCUT2D eigenvalue weighted by Crippen LogP contribution is 2.48. The summed E-state index contributed by atoms with van der Waals surface area (Å²) in [6, 6.07) is 14.4. The number of imidazole rings is 1. The maximum Gasteiger partial charge on any atom is 0.249 e. The minimum absolute atomic E-state index is 0.00105. The minimum atomic E-state index is -2.62. The van der Waals surface area contributed by atoms with Crippen molar-refractivity contribution in [1.29, 1.82) is 0 Å². The number of nitrogens with zero attached hydrogens (tertiary/aromatic N) is 5. The fourth-order valence-electron chi connectivity index (χ4n) is 6.70. The Hall–Kier alpha value is -4.18. The van der Waals surface area contributed by atoms with Gasteiger partial charge in [-0.25, -0.2) is 23.7 Å². The third-order valence-corrected chi connectivity index (χ3v) is 8.99. The molecule has 7 rings (SSSR count). The fourth-order valence-corrected chi connectivity index (χ4v) is 6.70. The number of alkyl halides is 2. The number of aryl methyl sites for hydroxylation is 1. The predicted octanol–water partition coefficient (Wildman–Crippen LogP) is 5.33. The summed E-state index contributed by atoms with van der Waals surface area (Å²) in [5.74, 6) is -1.92. The van der Waals surface area contributed by atoms with Crippen LogP contribution in [0.4, 0.5) is 14.6 Å². The molecule has 2 aliphatic carbocycles. The summed E-state index contributed by atoms with van der Waals surface area (Å²) >= 11 is 0. The Balaban J connectivity index is 1.21. The monoisotopic (exact) mass is 569 g/mol. The molecule has 0 radical (unpaired) electrons. The Morgan fingerprint density at radius 2 is 1.90 bits per heavy atom. The van der Waals surface area contributed by atoms with E-state index < -0.39 is 5.92 Å². The first-order chi connectivity index (χ1) is 20.3. The molecule has 4 heterocycles. The molecule has 1 aromatic carbocycles. The van der Waals surface area contributed by atoms with Crippen LogP contribution in [0.25, 0.3) is 28.2 Å². The lowest BCUT2D eigenvalue weighted by Crippen LogP contribution is -2.45. The molecule has 4 aromatic rings. The van der Waals surface area contributed by atoms with Crippen LogP contribution in [0.1, 0.15) is 60.9 Å². The number of benzene rings is 1. The summed E-state index contributed by atoms with van der Waals surface area (Å²) in [5.41, 5.74) is 12.4. The lowest BCUT2D eigenvalue weighted by atomic mass is 9.79. The number of carbonyl (C=O) groups excluding carboxylic acids is 1. The lowest BCUT2D eigenvalue weighted by Gasteiger charge is -2.34. The number of rotatable bonds is 6. The van der Waals surface area contributed by atoms with E-state index in [9.17, 15) is 13.6 Å². The number of halogens is 2. The summed E-state index contributed by atoms with van der Waals surface area (Å²) in [6.07, 6.45) is 6.43. The Bertz CT molecular complexity index is 1680. The zero-order chi connectivity index (χ0) is 29.0. The van der Waals surface area contributed by atoms with Crippen molar-refractivity contribution in [2.75, 3.05) is 18.8 Å². The van der Waals surface area contributed by atoms with Crippen LogP contribution in [0.3, 0.4) is 0 Å². The highest BCUT2D eigenvalue weighted by molar-refractivity contribution is 5.87. The number of amides is 1. The standard InChI is InChI=1S/C32H33F2N7O/c1-2-28(42)40-14-11-21(12-15-40)37-26-8-5-19-16-22(6-7-23(19)26)41-30(24-4-3-13-36-29(24)35)39-27-10-9-25(38-31(27)41)20-17-32(33,34)18-20/h2-4,6-7,9-10,13,16,20-21,26,37H,1,5,8,11-12,14-15,17-18H2,(H2,35,36)/t26-/m0/s1. The van der Waals surface area contributed by atoms with Crippen molar-refractivity contribution in [3.8, 4) is 17.1 Å². The van der Waals surface area contributed by atoms with Crippen LogP contribution in [0.15, 0.2) is 61.3 Å². The van der Waals surface area contributed by atoms with Gasteiger partial charge in [0.25, 0.3) is 0 Å². The normalized spacial score (nSPS) is 20.4. The summed E-state index contributed by atoms with van der Waals surface area (Å²) in [4.78, 5) is 27.9. The van der Waals surface area contributed by atoms with Gasteiger partial charge in [0.15, 0.2) is 11.5 Å². The molecule has 10 heteroatoms. The molecule has 8 nitrogen and oxygen atoms in total. The average Bonchev–Trinajstić information content (AvgIpc) is 3.56. The van der Waals surface area contributed by atoms with Gasteiger partial charge in [-0.2, -0.15) is 0 Å². The number of nitrogens with two attached hydrogens (primary N) is 1. The second-order valence-corrected chi connectivity index (χ2v) is 11.7. The Kier molecular flexibility index (Phi) is 6.53. The van der Waals surface area contributed by atoms with Gasteiger partial charge in [0, 0.05) is 61.5 Å². The van der Waals surface area contributed by atoms with Crippen LogP contribution >= 0.6 is 0 Å². The Labute approximate surface area is 242 Å². The van der Waals surface area contributed by atoms with Crippen molar-refractivity contribution < 1.29 is 13.6 Å². The molecule has 3 aromatic heterocycles. The number of piperidine rings is 1. The van der Waals surface area contributed by atoms with Gasteiger partial charge in [-0.15, -0.1) is 0 Å². The SMILES string of the molecule is C=CC(=O)N1CCC(N[C@H]2CCc3cc(-n4c(-c5cccnc5N)nc5ccc(C6CC(F)(F)C6)nc54)ccc32)CC1. The molecule has 1 saturated heterocycles. The summed E-state index contributed by atoms with van der Waals surface area (Å²) in [7, 11) is 0. The molecule has 1 amide bonds. The smallest absolute Gasteiger partial charge is 0.249 e. The number of nitrogens with one attached hydrogen (secondary N) is 1. The Morgan fingerprint density at radius 3 is 2.64 bits per heavy atom. The van der Waals surface area contributed by atoms with Gasteiger partial charge in [0.2, 0.25) is 11.8 Å². The van der Waals surface area contributed by atoms with Gasteiger partial charge in [0.05, 0.1) is 5.56 Å². The summed E-state index contributed by atoms with van der Waals surface area (Å²) < 4.78 is 29.3. The number of pyridine rings is 2. The van der Waals surface area contributed by atoms with E-state index in [1.54, 1.807) is 6.20 Å². The molecular weight excluding hydrogens is 536 g/mol. The first-order valence-corrected chi connectivity index (χ1v) is 14.6. The van der Waals surface area contributed by atoms with Crippen LogP contribution in [0.5, 0.6) is 0 Å². The third kappa shape index (κ3) is 4.73. The van der Waals surface area contributed by atoms with Crippen molar-refractivity contribution >= 4 is 22.9 Å². The van der Waals surface area contributed by atoms with E-state index in [2.05, 4.69) is 35.1 Å². The van der Waals surface area contributed by atoms with Crippen molar-refractivity contribution in [2.45, 2.75) is 62.4 Å². The van der Waals surface area contributed by atoms with Gasteiger partial charge >= 0.3 is 0 Å². The second kappa shape index (κ2) is 10.3. The largest absolute Gasteiger partial charge is 0.383 e. The molecule has 3 N–H and O–H groups in total. The summed E-state index contributed by atoms with van der Waals surface area (Å²) in [5, 5.41) is 3.84. The molecule has 2 fully saturated rings. The number of hydrogen-bond acceptors (Lipinski definition) is 6. The highest BCUT2D eigenvalue weighted by Gasteiger charge is 2.46. The van der Waals surface area contributed by atoms with Gasteiger partial charge < -0.3 is 16.0 Å². The van der Waals surface area contributed by atoms with Crippen LogP contribution < -0.4 is 11.1 Å². The van der Waals surface area contributed by atoms with E-state index in [1.807, 2.05) is 33.7 Å². The number of aromatic nitrogens is 4. The fraction of sp³-hybridized carbons (Fsp3) is 0.375. The zero-order valence-corrected chi connectivity index (χ0v) is 23.3. The predicted molar refractivity (Wildman–Crippen MR) is 157 cm³/mol. The van der Waals surface area contributed by atoms with Gasteiger partial charge in [-0.05, 0) is 79.3 Å². The number of anilines is 1. The zero-order valence-electron chi connectivity index (χ0n) is 23.3. The topological polar surface area (TPSA) is 102 Å². The number of likely N-dealkylation sites (tertiary alicyclic amines) is 1. The molecule has 216 valence electrons. The van der Waals surface area contributed by atoms with E-state index in [1.165, 1.54) is 17.2 Å². The maximum absolute atomic E-state index is 13.7. The lowest BCUT2D eigenvalue weighted by molar-refractivity contribution is -0.127. The third-order valence-electron chi connectivity index (χ3n) is 8.99. The van der Waals surface area contributed by atoms with Crippen LogP contribution in [0.2, 0.25) is 0 Å². The van der Waals surface area contributed by atoms with Gasteiger partial charge in [0.1, 0.15) is 11.3 Å².